The highest BCUT2D eigenvalue weighted by Gasteiger charge is 2.45. The molecule has 7 heterocycles. The van der Waals surface area contributed by atoms with Crippen LogP contribution in [0.3, 0.4) is 0 Å². The number of nitrogens with zero attached hydrogens (tertiary/aromatic N) is 7. The number of phenolic OH excluding ortho intramolecular Hbond substituents is 1. The molecule has 2 aromatic carbocycles. The Morgan fingerprint density at radius 3 is 2.56 bits per heavy atom. The van der Waals surface area contributed by atoms with Crippen LogP contribution in [-0.2, 0) is 14.3 Å². The predicted octanol–water partition coefficient (Wildman–Crippen LogP) is 1.78. The molecule has 0 spiro atoms. The molecule has 15 heteroatoms. The summed E-state index contributed by atoms with van der Waals surface area (Å²) in [7, 11) is 0. The van der Waals surface area contributed by atoms with Crippen LogP contribution in [-0.4, -0.2) is 144 Å². The minimum absolute atomic E-state index is 0.0967. The largest absolute Gasteiger partial charge is 0.507 e. The number of ether oxygens (including phenoxy) is 1. The zero-order chi connectivity index (χ0) is 36.9. The summed E-state index contributed by atoms with van der Waals surface area (Å²) in [4.78, 5) is 61.6. The molecule has 54 heavy (non-hydrogen) atoms. The van der Waals surface area contributed by atoms with E-state index in [0.29, 0.717) is 34.9 Å². The Morgan fingerprint density at radius 2 is 1.69 bits per heavy atom. The Kier molecular flexibility index (Phi) is 9.15. The third-order valence-electron chi connectivity index (χ3n) is 11.8. The first-order chi connectivity index (χ1) is 26.3. The van der Waals surface area contributed by atoms with E-state index < -0.39 is 23.8 Å². The first-order valence-corrected chi connectivity index (χ1v) is 19.1. The molecule has 3 N–H and O–H groups in total. The zero-order valence-electron chi connectivity index (χ0n) is 30.2. The minimum atomic E-state index is -0.970. The van der Waals surface area contributed by atoms with E-state index in [2.05, 4.69) is 40.4 Å². The molecule has 2 unspecified atom stereocenters. The molecule has 4 saturated heterocycles. The molecule has 0 aliphatic carbocycles. The number of morpholine rings is 1. The topological polar surface area (TPSA) is 164 Å². The van der Waals surface area contributed by atoms with Crippen LogP contribution in [0.4, 0.5) is 17.2 Å². The molecular weight excluding hydrogens is 690 g/mol. The third-order valence-corrected chi connectivity index (χ3v) is 11.8. The quantitative estimate of drug-likeness (QED) is 0.302. The fourth-order valence-corrected chi connectivity index (χ4v) is 9.15. The van der Waals surface area contributed by atoms with Gasteiger partial charge < -0.3 is 25.0 Å². The molecule has 4 fully saturated rings. The Hall–Kier alpha value is -5.12. The molecule has 0 saturated carbocycles. The number of piperazine rings is 1. The number of amides is 4. The van der Waals surface area contributed by atoms with Gasteiger partial charge in [0.15, 0.2) is 5.82 Å². The molecule has 6 aliphatic rings. The van der Waals surface area contributed by atoms with E-state index in [1.807, 2.05) is 24.3 Å². The standard InChI is InChI=1S/C39H45N9O6/c49-34-6-2-1-5-29(34)31-17-33-36(43-42-31)40-18-26-21-44(12-13-47(26)33)22-27-23-45(14-15-54-27)19-24-4-3-11-46(20-24)25-7-8-28-30(16-25)39(53)48(38(28)52)32-9-10-35(50)41-37(32)51/h1-2,5-8,16-17,24,26-27,32,49H,3-4,9-15,18-23H2,(H,40,43)(H,41,50,51)/t24?,26-,27-,32?/m0/s1. The molecule has 0 radical (unpaired) electrons. The second kappa shape index (κ2) is 14.3. The van der Waals surface area contributed by atoms with Gasteiger partial charge in [-0.05, 0) is 61.6 Å². The third kappa shape index (κ3) is 6.54. The maximum absolute atomic E-state index is 13.4. The lowest BCUT2D eigenvalue weighted by molar-refractivity contribution is -0.136. The van der Waals surface area contributed by atoms with Crippen LogP contribution < -0.4 is 20.4 Å². The van der Waals surface area contributed by atoms with Crippen LogP contribution in [0.25, 0.3) is 11.3 Å². The highest BCUT2D eigenvalue weighted by atomic mass is 16.5. The van der Waals surface area contributed by atoms with Gasteiger partial charge in [0, 0.05) is 83.1 Å². The summed E-state index contributed by atoms with van der Waals surface area (Å²) in [6.07, 6.45) is 2.52. The fourth-order valence-electron chi connectivity index (χ4n) is 9.15. The zero-order valence-corrected chi connectivity index (χ0v) is 30.2. The van der Waals surface area contributed by atoms with Crippen molar-refractivity contribution >= 4 is 40.8 Å². The van der Waals surface area contributed by atoms with Gasteiger partial charge in [0.05, 0.1) is 41.3 Å². The van der Waals surface area contributed by atoms with Crippen LogP contribution >= 0.6 is 0 Å². The summed E-state index contributed by atoms with van der Waals surface area (Å²) in [6.45, 7) is 9.55. The molecule has 15 nitrogen and oxygen atoms in total. The number of benzene rings is 2. The second-order valence-electron chi connectivity index (χ2n) is 15.4. The van der Waals surface area contributed by atoms with Gasteiger partial charge in [0.1, 0.15) is 11.8 Å². The lowest BCUT2D eigenvalue weighted by Crippen LogP contribution is -2.60. The molecule has 4 atom stereocenters. The van der Waals surface area contributed by atoms with Gasteiger partial charge in [-0.25, -0.2) is 0 Å². The molecule has 6 aliphatic heterocycles. The van der Waals surface area contributed by atoms with Gasteiger partial charge in [-0.3, -0.25) is 39.2 Å². The number of hydrogen-bond donors (Lipinski definition) is 3. The molecular formula is C39H45N9O6. The van der Waals surface area contributed by atoms with Gasteiger partial charge in [0.2, 0.25) is 11.8 Å². The Labute approximate surface area is 313 Å². The van der Waals surface area contributed by atoms with Crippen molar-refractivity contribution in [2.75, 3.05) is 87.2 Å². The van der Waals surface area contributed by atoms with Gasteiger partial charge in [-0.15, -0.1) is 10.2 Å². The van der Waals surface area contributed by atoms with E-state index in [9.17, 15) is 24.3 Å². The summed E-state index contributed by atoms with van der Waals surface area (Å²) in [5.41, 5.74) is 3.89. The first kappa shape index (κ1) is 34.6. The predicted molar refractivity (Wildman–Crippen MR) is 199 cm³/mol. The van der Waals surface area contributed by atoms with Crippen LogP contribution in [0, 0.1) is 5.92 Å². The number of rotatable bonds is 7. The number of phenols is 1. The van der Waals surface area contributed by atoms with Crippen LogP contribution in [0.5, 0.6) is 5.75 Å². The number of carbonyl (C=O) groups excluding carboxylic acids is 4. The number of hydrogen-bond acceptors (Lipinski definition) is 13. The van der Waals surface area contributed by atoms with Crippen LogP contribution in [0.15, 0.2) is 48.5 Å². The number of carbonyl (C=O) groups is 4. The Morgan fingerprint density at radius 1 is 0.833 bits per heavy atom. The number of nitrogens with one attached hydrogen (secondary N) is 2. The van der Waals surface area contributed by atoms with Crippen LogP contribution in [0.1, 0.15) is 46.4 Å². The summed E-state index contributed by atoms with van der Waals surface area (Å²) in [5.74, 6) is -0.519. The van der Waals surface area contributed by atoms with Crippen molar-refractivity contribution in [2.45, 2.75) is 43.9 Å². The van der Waals surface area contributed by atoms with Crippen molar-refractivity contribution in [2.24, 2.45) is 5.92 Å². The van der Waals surface area contributed by atoms with E-state index in [-0.39, 0.29) is 36.6 Å². The van der Waals surface area contributed by atoms with E-state index in [4.69, 9.17) is 4.74 Å². The van der Waals surface area contributed by atoms with Crippen molar-refractivity contribution in [1.29, 1.82) is 0 Å². The van der Waals surface area contributed by atoms with Gasteiger partial charge in [-0.2, -0.15) is 0 Å². The summed E-state index contributed by atoms with van der Waals surface area (Å²) < 4.78 is 6.31. The molecule has 4 amide bonds. The summed E-state index contributed by atoms with van der Waals surface area (Å²) >= 11 is 0. The molecule has 9 rings (SSSR count). The highest BCUT2D eigenvalue weighted by molar-refractivity contribution is 6.23. The fraction of sp³-hybridized carbons (Fsp3) is 0.487. The van der Waals surface area contributed by atoms with Crippen molar-refractivity contribution in [1.82, 2.24) is 30.2 Å². The maximum Gasteiger partial charge on any atom is 0.262 e. The second-order valence-corrected chi connectivity index (χ2v) is 15.4. The molecule has 0 bridgehead atoms. The van der Waals surface area contributed by atoms with E-state index in [0.717, 1.165) is 100 Å². The number of anilines is 3. The molecule has 1 aromatic heterocycles. The lowest BCUT2D eigenvalue weighted by atomic mass is 9.96. The van der Waals surface area contributed by atoms with Gasteiger partial charge >= 0.3 is 0 Å². The van der Waals surface area contributed by atoms with Crippen LogP contribution in [0.2, 0.25) is 0 Å². The normalized spacial score (nSPS) is 26.3. The Balaban J connectivity index is 0.793. The smallest absolute Gasteiger partial charge is 0.262 e. The molecule has 282 valence electrons. The number of aromatic nitrogens is 2. The van der Waals surface area contributed by atoms with Crippen molar-refractivity contribution < 1.29 is 29.0 Å². The minimum Gasteiger partial charge on any atom is -0.507 e. The number of piperidine rings is 2. The summed E-state index contributed by atoms with van der Waals surface area (Å²) in [6, 6.07) is 14.0. The Bertz CT molecular complexity index is 1990. The van der Waals surface area contributed by atoms with Gasteiger partial charge in [0.25, 0.3) is 11.8 Å². The number of para-hydroxylation sites is 1. The SMILES string of the molecule is O=C1CCC(N2C(=O)c3ccc(N4CCCC(CN5CCO[C@@H](CN6CCN7c8cc(-c9ccccc9O)nnc8NC[C@H]7C6)C5)C4)cc3C2=O)C(=O)N1. The number of imide groups is 2. The monoisotopic (exact) mass is 735 g/mol. The average Bonchev–Trinajstić information content (AvgIpc) is 3.43. The summed E-state index contributed by atoms with van der Waals surface area (Å²) in [5, 5.41) is 25.0. The van der Waals surface area contributed by atoms with Gasteiger partial charge in [-0.1, -0.05) is 12.1 Å². The van der Waals surface area contributed by atoms with Crippen molar-refractivity contribution in [3.8, 4) is 17.0 Å². The van der Waals surface area contributed by atoms with E-state index in [1.54, 1.807) is 24.3 Å². The van der Waals surface area contributed by atoms with E-state index >= 15 is 0 Å². The van der Waals surface area contributed by atoms with E-state index in [1.165, 1.54) is 0 Å². The number of aromatic hydroxyl groups is 1. The molecule has 3 aromatic rings. The maximum atomic E-state index is 13.4. The average molecular weight is 736 g/mol. The van der Waals surface area contributed by atoms with Crippen molar-refractivity contribution in [3.05, 3.63) is 59.7 Å². The highest BCUT2D eigenvalue weighted by Crippen LogP contribution is 2.37. The van der Waals surface area contributed by atoms with Crippen molar-refractivity contribution in [3.63, 3.8) is 0 Å². The first-order valence-electron chi connectivity index (χ1n) is 19.1. The lowest BCUT2D eigenvalue weighted by Gasteiger charge is -2.47. The number of fused-ring (bicyclic) bond motifs is 4.